The van der Waals surface area contributed by atoms with E-state index < -0.39 is 12.0 Å². The number of likely N-dealkylation sites (N-methyl/N-ethyl adjacent to an activating group) is 1. The Morgan fingerprint density at radius 1 is 1.55 bits per heavy atom. The number of hydrogen-bond acceptors (Lipinski definition) is 3. The Balaban J connectivity index is -0.000000320. The van der Waals surface area contributed by atoms with Crippen molar-refractivity contribution in [2.75, 3.05) is 20.6 Å². The van der Waals surface area contributed by atoms with Crippen LogP contribution in [-0.4, -0.2) is 42.7 Å². The van der Waals surface area contributed by atoms with Crippen LogP contribution in [0.5, 0.6) is 0 Å². The summed E-state index contributed by atoms with van der Waals surface area (Å²) in [5, 5.41) is 8.28. The van der Waals surface area contributed by atoms with Gasteiger partial charge >= 0.3 is 5.97 Å². The van der Waals surface area contributed by atoms with Crippen molar-refractivity contribution in [2.45, 2.75) is 6.04 Å². The average molecular weight is 205 g/mol. The number of nitrogens with zero attached hydrogens (tertiary/aromatic N) is 1. The van der Waals surface area contributed by atoms with E-state index >= 15 is 0 Å². The number of carboxylic acids is 1. The van der Waals surface area contributed by atoms with Crippen LogP contribution in [0, 0.1) is 0 Å². The number of hydrogen-bond donors (Lipinski definition) is 2. The maximum absolute atomic E-state index is 10.1. The van der Waals surface area contributed by atoms with Gasteiger partial charge in [0.1, 0.15) is 6.04 Å². The highest BCUT2D eigenvalue weighted by Crippen LogP contribution is 1.80. The van der Waals surface area contributed by atoms with Crippen LogP contribution in [0.4, 0.5) is 0 Å². The summed E-state index contributed by atoms with van der Waals surface area (Å²) in [7, 11) is 3.56. The SMILES string of the molecule is CN(C)C[C@H](N)C(=O)O.Cl.Cl. The summed E-state index contributed by atoms with van der Waals surface area (Å²) in [4.78, 5) is 11.8. The summed E-state index contributed by atoms with van der Waals surface area (Å²) in [6, 6.07) is -0.764. The van der Waals surface area contributed by atoms with Gasteiger partial charge in [0.25, 0.3) is 0 Å². The number of aliphatic carboxylic acids is 1. The minimum Gasteiger partial charge on any atom is -0.480 e. The maximum atomic E-state index is 10.1. The Bertz CT molecular complexity index is 111. The van der Waals surface area contributed by atoms with Crippen molar-refractivity contribution in [2.24, 2.45) is 5.73 Å². The Morgan fingerprint density at radius 2 is 1.91 bits per heavy atom. The molecule has 0 spiro atoms. The quantitative estimate of drug-likeness (QED) is 0.669. The molecule has 0 aromatic rings. The van der Waals surface area contributed by atoms with Crippen molar-refractivity contribution in [1.82, 2.24) is 4.90 Å². The van der Waals surface area contributed by atoms with Crippen molar-refractivity contribution in [3.63, 3.8) is 0 Å². The van der Waals surface area contributed by atoms with Crippen LogP contribution in [-0.2, 0) is 4.79 Å². The van der Waals surface area contributed by atoms with Gasteiger partial charge in [-0.25, -0.2) is 0 Å². The van der Waals surface area contributed by atoms with E-state index in [1.807, 2.05) is 0 Å². The molecule has 0 unspecified atom stereocenters. The monoisotopic (exact) mass is 204 g/mol. The molecular formula is C5H14Cl2N2O2. The van der Waals surface area contributed by atoms with Crippen LogP contribution in [0.3, 0.4) is 0 Å². The first-order valence-electron chi connectivity index (χ1n) is 2.67. The second kappa shape index (κ2) is 8.07. The standard InChI is InChI=1S/C5H12N2O2.2ClH/c1-7(2)3-4(6)5(8)9;;/h4H,3,6H2,1-2H3,(H,8,9);2*1H/t4-;;/m0../s1. The van der Waals surface area contributed by atoms with E-state index in [0.717, 1.165) is 0 Å². The molecule has 3 N–H and O–H groups in total. The Kier molecular flexibility index (Phi) is 12.6. The highest BCUT2D eigenvalue weighted by atomic mass is 35.5. The van der Waals surface area contributed by atoms with Crippen molar-refractivity contribution < 1.29 is 9.90 Å². The molecular weight excluding hydrogens is 191 g/mol. The zero-order valence-electron chi connectivity index (χ0n) is 6.48. The van der Waals surface area contributed by atoms with Crippen LogP contribution in [0.2, 0.25) is 0 Å². The first-order chi connectivity index (χ1) is 4.04. The van der Waals surface area contributed by atoms with Gasteiger partial charge in [0, 0.05) is 6.54 Å². The van der Waals surface area contributed by atoms with Gasteiger partial charge in [0.05, 0.1) is 0 Å². The van der Waals surface area contributed by atoms with Crippen molar-refractivity contribution in [1.29, 1.82) is 0 Å². The van der Waals surface area contributed by atoms with E-state index in [-0.39, 0.29) is 24.8 Å². The van der Waals surface area contributed by atoms with Gasteiger partial charge < -0.3 is 15.7 Å². The van der Waals surface area contributed by atoms with E-state index in [4.69, 9.17) is 10.8 Å². The summed E-state index contributed by atoms with van der Waals surface area (Å²) in [6.45, 7) is 0.384. The maximum Gasteiger partial charge on any atom is 0.321 e. The molecule has 0 aromatic heterocycles. The second-order valence-electron chi connectivity index (χ2n) is 2.21. The summed E-state index contributed by atoms with van der Waals surface area (Å²) in [5.74, 6) is -0.955. The van der Waals surface area contributed by atoms with Crippen molar-refractivity contribution in [3.05, 3.63) is 0 Å². The smallest absolute Gasteiger partial charge is 0.321 e. The third-order valence-electron chi connectivity index (χ3n) is 0.879. The molecule has 0 saturated carbocycles. The van der Waals surface area contributed by atoms with E-state index in [2.05, 4.69) is 0 Å². The Labute approximate surface area is 78.6 Å². The van der Waals surface area contributed by atoms with Crippen LogP contribution in [0.15, 0.2) is 0 Å². The molecule has 0 rings (SSSR count). The predicted molar refractivity (Wildman–Crippen MR) is 48.7 cm³/mol. The summed E-state index contributed by atoms with van der Waals surface area (Å²) in [5.41, 5.74) is 5.18. The molecule has 0 saturated heterocycles. The fourth-order valence-electron chi connectivity index (χ4n) is 0.471. The van der Waals surface area contributed by atoms with Crippen molar-refractivity contribution in [3.8, 4) is 0 Å². The van der Waals surface area contributed by atoms with E-state index in [9.17, 15) is 4.79 Å². The van der Waals surface area contributed by atoms with Gasteiger partial charge in [-0.2, -0.15) is 0 Å². The third-order valence-corrected chi connectivity index (χ3v) is 0.879. The second-order valence-corrected chi connectivity index (χ2v) is 2.21. The zero-order chi connectivity index (χ0) is 7.44. The minimum atomic E-state index is -0.955. The molecule has 6 heteroatoms. The molecule has 1 atom stereocenters. The lowest BCUT2D eigenvalue weighted by Gasteiger charge is -2.11. The first-order valence-corrected chi connectivity index (χ1v) is 2.67. The molecule has 70 valence electrons. The van der Waals surface area contributed by atoms with Gasteiger partial charge in [0.15, 0.2) is 0 Å². The third kappa shape index (κ3) is 9.97. The summed E-state index contributed by atoms with van der Waals surface area (Å²) < 4.78 is 0. The molecule has 0 bridgehead atoms. The highest BCUT2D eigenvalue weighted by Gasteiger charge is 2.10. The molecule has 0 heterocycles. The van der Waals surface area contributed by atoms with Gasteiger partial charge in [-0.05, 0) is 14.1 Å². The normalized spacial score (nSPS) is 11.3. The molecule has 11 heavy (non-hydrogen) atoms. The van der Waals surface area contributed by atoms with Crippen LogP contribution >= 0.6 is 24.8 Å². The molecule has 0 aliphatic carbocycles. The van der Waals surface area contributed by atoms with Gasteiger partial charge in [-0.15, -0.1) is 24.8 Å². The number of halogens is 2. The summed E-state index contributed by atoms with van der Waals surface area (Å²) >= 11 is 0. The molecule has 0 aliphatic rings. The number of nitrogens with two attached hydrogens (primary N) is 1. The fraction of sp³-hybridized carbons (Fsp3) is 0.800. The van der Waals surface area contributed by atoms with Crippen LogP contribution in [0.25, 0.3) is 0 Å². The molecule has 0 amide bonds. The van der Waals surface area contributed by atoms with Gasteiger partial charge in [-0.3, -0.25) is 4.79 Å². The topological polar surface area (TPSA) is 66.6 Å². The number of carbonyl (C=O) groups is 1. The number of carboxylic acid groups (broad SMARTS) is 1. The molecule has 0 fully saturated rings. The van der Waals surface area contributed by atoms with E-state index in [1.54, 1.807) is 19.0 Å². The molecule has 0 radical (unpaired) electrons. The lowest BCUT2D eigenvalue weighted by molar-refractivity contribution is -0.138. The van der Waals surface area contributed by atoms with Gasteiger partial charge in [0.2, 0.25) is 0 Å². The van der Waals surface area contributed by atoms with E-state index in [1.165, 1.54) is 0 Å². The molecule has 0 aliphatic heterocycles. The Morgan fingerprint density at radius 3 is 2.00 bits per heavy atom. The van der Waals surface area contributed by atoms with Crippen LogP contribution in [0.1, 0.15) is 0 Å². The average Bonchev–Trinajstić information content (AvgIpc) is 1.63. The first kappa shape index (κ1) is 17.2. The number of rotatable bonds is 3. The molecule has 0 aromatic carbocycles. The predicted octanol–water partition coefficient (Wildman–Crippen LogP) is -0.196. The zero-order valence-corrected chi connectivity index (χ0v) is 8.11. The largest absolute Gasteiger partial charge is 0.480 e. The fourth-order valence-corrected chi connectivity index (χ4v) is 0.471. The van der Waals surface area contributed by atoms with Crippen LogP contribution < -0.4 is 5.73 Å². The van der Waals surface area contributed by atoms with E-state index in [0.29, 0.717) is 6.54 Å². The lowest BCUT2D eigenvalue weighted by atomic mass is 10.3. The minimum absolute atomic E-state index is 0. The lowest BCUT2D eigenvalue weighted by Crippen LogP contribution is -2.39. The summed E-state index contributed by atoms with van der Waals surface area (Å²) in [6.07, 6.45) is 0. The van der Waals surface area contributed by atoms with Crippen molar-refractivity contribution >= 4 is 30.8 Å². The molecule has 4 nitrogen and oxygen atoms in total. The van der Waals surface area contributed by atoms with Gasteiger partial charge in [-0.1, -0.05) is 0 Å². The Hall–Kier alpha value is -0.0300. The highest BCUT2D eigenvalue weighted by molar-refractivity contribution is 5.85.